The van der Waals surface area contributed by atoms with Gasteiger partial charge in [0.15, 0.2) is 10.8 Å². The SMILES string of the molecule is CCCCc1nc(Cl)c(C(=O)O)n1Cc1cccc2c1ccn2-c1ccccc1C#N. The van der Waals surface area contributed by atoms with Crippen molar-refractivity contribution in [2.75, 3.05) is 0 Å². The minimum Gasteiger partial charge on any atom is -0.476 e. The van der Waals surface area contributed by atoms with E-state index < -0.39 is 5.97 Å². The van der Waals surface area contributed by atoms with Gasteiger partial charge in [0.25, 0.3) is 0 Å². The lowest BCUT2D eigenvalue weighted by Crippen LogP contribution is -2.13. The molecule has 0 bridgehead atoms. The van der Waals surface area contributed by atoms with E-state index in [1.807, 2.05) is 53.2 Å². The van der Waals surface area contributed by atoms with Crippen molar-refractivity contribution in [3.05, 3.63) is 82.5 Å². The van der Waals surface area contributed by atoms with E-state index in [9.17, 15) is 15.2 Å². The third-order valence-corrected chi connectivity index (χ3v) is 5.66. The van der Waals surface area contributed by atoms with E-state index in [0.717, 1.165) is 35.0 Å². The standard InChI is InChI=1S/C24H21ClN4O2/c1-2-3-11-21-27-23(25)22(24(30)31)29(21)15-17-8-6-10-20-18(17)12-13-28(20)19-9-5-4-7-16(19)14-26/h4-10,12-13H,2-3,11,15H2,1H3,(H,30,31). The molecule has 31 heavy (non-hydrogen) atoms. The number of aromatic nitrogens is 3. The Hall–Kier alpha value is -3.56. The Morgan fingerprint density at radius 3 is 2.74 bits per heavy atom. The first-order chi connectivity index (χ1) is 15.0. The van der Waals surface area contributed by atoms with E-state index in [1.54, 1.807) is 10.6 Å². The number of halogens is 1. The number of benzene rings is 2. The summed E-state index contributed by atoms with van der Waals surface area (Å²) in [7, 11) is 0. The average molecular weight is 433 g/mol. The molecule has 0 aliphatic carbocycles. The van der Waals surface area contributed by atoms with Gasteiger partial charge in [-0.3, -0.25) is 0 Å². The van der Waals surface area contributed by atoms with Gasteiger partial charge in [0.2, 0.25) is 0 Å². The number of fused-ring (bicyclic) bond motifs is 1. The van der Waals surface area contributed by atoms with E-state index in [-0.39, 0.29) is 10.8 Å². The summed E-state index contributed by atoms with van der Waals surface area (Å²) in [6.45, 7) is 2.43. The Labute approximate surface area is 184 Å². The van der Waals surface area contributed by atoms with Gasteiger partial charge in [-0.2, -0.15) is 5.26 Å². The summed E-state index contributed by atoms with van der Waals surface area (Å²) in [6, 6.07) is 17.6. The number of aryl methyl sites for hydroxylation is 1. The lowest BCUT2D eigenvalue weighted by molar-refractivity contribution is 0.0685. The Balaban J connectivity index is 1.82. The molecule has 7 heteroatoms. The van der Waals surface area contributed by atoms with E-state index >= 15 is 0 Å². The molecule has 0 spiro atoms. The van der Waals surface area contributed by atoms with Crippen LogP contribution in [-0.2, 0) is 13.0 Å². The summed E-state index contributed by atoms with van der Waals surface area (Å²) in [5, 5.41) is 20.2. The van der Waals surface area contributed by atoms with Crippen molar-refractivity contribution in [1.82, 2.24) is 14.1 Å². The lowest BCUT2D eigenvalue weighted by Gasteiger charge is -2.12. The molecule has 0 aliphatic heterocycles. The van der Waals surface area contributed by atoms with Crippen LogP contribution in [0.4, 0.5) is 0 Å². The first-order valence-corrected chi connectivity index (χ1v) is 10.5. The molecule has 2 aromatic carbocycles. The molecule has 156 valence electrons. The second kappa shape index (κ2) is 8.66. The van der Waals surface area contributed by atoms with Gasteiger partial charge in [0.05, 0.1) is 23.3 Å². The minimum atomic E-state index is -1.09. The van der Waals surface area contributed by atoms with Gasteiger partial charge in [-0.15, -0.1) is 0 Å². The molecule has 0 saturated heterocycles. The normalized spacial score (nSPS) is 11.0. The highest BCUT2D eigenvalue weighted by Gasteiger charge is 2.22. The van der Waals surface area contributed by atoms with Gasteiger partial charge in [-0.25, -0.2) is 9.78 Å². The second-order valence-corrected chi connectivity index (χ2v) is 7.68. The summed E-state index contributed by atoms with van der Waals surface area (Å²) in [5.74, 6) is -0.413. The third-order valence-electron chi connectivity index (χ3n) is 5.40. The summed E-state index contributed by atoms with van der Waals surface area (Å²) in [5.41, 5.74) is 3.30. The van der Waals surface area contributed by atoms with Gasteiger partial charge in [-0.1, -0.05) is 49.2 Å². The van der Waals surface area contributed by atoms with Crippen molar-refractivity contribution < 1.29 is 9.90 Å². The highest BCUT2D eigenvalue weighted by Crippen LogP contribution is 2.28. The first kappa shape index (κ1) is 20.7. The highest BCUT2D eigenvalue weighted by molar-refractivity contribution is 6.32. The number of nitriles is 1. The molecular formula is C24H21ClN4O2. The first-order valence-electron chi connectivity index (χ1n) is 10.1. The van der Waals surface area contributed by atoms with Crippen molar-refractivity contribution in [3.63, 3.8) is 0 Å². The van der Waals surface area contributed by atoms with Crippen molar-refractivity contribution in [1.29, 1.82) is 5.26 Å². The molecule has 2 aromatic heterocycles. The lowest BCUT2D eigenvalue weighted by atomic mass is 10.1. The number of imidazole rings is 1. The van der Waals surface area contributed by atoms with Gasteiger partial charge < -0.3 is 14.2 Å². The van der Waals surface area contributed by atoms with Crippen LogP contribution in [0.1, 0.15) is 47.2 Å². The van der Waals surface area contributed by atoms with Crippen molar-refractivity contribution >= 4 is 28.5 Å². The number of hydrogen-bond donors (Lipinski definition) is 1. The number of carboxylic acids is 1. The maximum absolute atomic E-state index is 11.9. The number of nitrogens with zero attached hydrogens (tertiary/aromatic N) is 4. The quantitative estimate of drug-likeness (QED) is 0.421. The minimum absolute atomic E-state index is 0.0130. The molecule has 0 saturated carbocycles. The molecule has 0 aliphatic rings. The van der Waals surface area contributed by atoms with Crippen LogP contribution in [0.2, 0.25) is 5.15 Å². The summed E-state index contributed by atoms with van der Waals surface area (Å²) in [4.78, 5) is 16.2. The van der Waals surface area contributed by atoms with E-state index in [4.69, 9.17) is 11.6 Å². The zero-order valence-corrected chi connectivity index (χ0v) is 17.8. The molecule has 0 unspecified atom stereocenters. The highest BCUT2D eigenvalue weighted by atomic mass is 35.5. The Kier molecular flexibility index (Phi) is 5.79. The maximum Gasteiger partial charge on any atom is 0.355 e. The van der Waals surface area contributed by atoms with Crippen LogP contribution in [0.15, 0.2) is 54.7 Å². The summed E-state index contributed by atoms with van der Waals surface area (Å²) < 4.78 is 3.68. The fourth-order valence-corrected chi connectivity index (χ4v) is 4.18. The predicted octanol–water partition coefficient (Wildman–Crippen LogP) is 5.44. The largest absolute Gasteiger partial charge is 0.476 e. The van der Waals surface area contributed by atoms with Crippen LogP contribution in [0, 0.1) is 11.3 Å². The zero-order chi connectivity index (χ0) is 22.0. The molecule has 4 rings (SSSR count). The Morgan fingerprint density at radius 1 is 1.19 bits per heavy atom. The van der Waals surface area contributed by atoms with Gasteiger partial charge in [0, 0.05) is 18.0 Å². The Morgan fingerprint density at radius 2 is 2.00 bits per heavy atom. The molecule has 4 aromatic rings. The molecule has 0 atom stereocenters. The molecule has 0 fully saturated rings. The smallest absolute Gasteiger partial charge is 0.355 e. The molecular weight excluding hydrogens is 412 g/mol. The second-order valence-electron chi connectivity index (χ2n) is 7.33. The molecule has 0 amide bonds. The van der Waals surface area contributed by atoms with Gasteiger partial charge >= 0.3 is 5.97 Å². The third kappa shape index (κ3) is 3.80. The maximum atomic E-state index is 11.9. The van der Waals surface area contributed by atoms with Crippen LogP contribution < -0.4 is 0 Å². The number of carboxylic acid groups (broad SMARTS) is 1. The Bertz CT molecular complexity index is 1310. The summed E-state index contributed by atoms with van der Waals surface area (Å²) >= 11 is 6.18. The topological polar surface area (TPSA) is 83.8 Å². The van der Waals surface area contributed by atoms with E-state index in [1.165, 1.54) is 0 Å². The predicted molar refractivity (Wildman–Crippen MR) is 120 cm³/mol. The van der Waals surface area contributed by atoms with Gasteiger partial charge in [0.1, 0.15) is 11.9 Å². The van der Waals surface area contributed by atoms with Crippen molar-refractivity contribution in [2.45, 2.75) is 32.7 Å². The summed E-state index contributed by atoms with van der Waals surface area (Å²) in [6.07, 6.45) is 4.47. The van der Waals surface area contributed by atoms with Crippen LogP contribution in [-0.4, -0.2) is 25.2 Å². The number of para-hydroxylation sites is 1. The number of unbranched alkanes of at least 4 members (excludes halogenated alkanes) is 1. The number of carbonyl (C=O) groups is 1. The zero-order valence-electron chi connectivity index (χ0n) is 17.0. The fraction of sp³-hybridized carbons (Fsp3) is 0.208. The van der Waals surface area contributed by atoms with Crippen molar-refractivity contribution in [2.24, 2.45) is 0 Å². The fourth-order valence-electron chi connectivity index (χ4n) is 3.89. The number of rotatable bonds is 7. The average Bonchev–Trinajstić information content (AvgIpc) is 3.33. The molecule has 6 nitrogen and oxygen atoms in total. The number of hydrogen-bond acceptors (Lipinski definition) is 3. The van der Waals surface area contributed by atoms with Gasteiger partial charge in [-0.05, 0) is 36.2 Å². The van der Waals surface area contributed by atoms with Crippen LogP contribution in [0.3, 0.4) is 0 Å². The monoisotopic (exact) mass is 432 g/mol. The van der Waals surface area contributed by atoms with E-state index in [2.05, 4.69) is 18.0 Å². The van der Waals surface area contributed by atoms with Crippen LogP contribution in [0.5, 0.6) is 0 Å². The molecule has 0 radical (unpaired) electrons. The molecule has 1 N–H and O–H groups in total. The van der Waals surface area contributed by atoms with E-state index in [0.29, 0.717) is 24.4 Å². The number of aromatic carboxylic acids is 1. The molecule has 2 heterocycles. The van der Waals surface area contributed by atoms with Crippen LogP contribution >= 0.6 is 11.6 Å². The van der Waals surface area contributed by atoms with Crippen LogP contribution in [0.25, 0.3) is 16.6 Å². The van der Waals surface area contributed by atoms with Crippen molar-refractivity contribution in [3.8, 4) is 11.8 Å².